The Hall–Kier alpha value is -2.53. The maximum absolute atomic E-state index is 11.6. The summed E-state index contributed by atoms with van der Waals surface area (Å²) in [5.41, 5.74) is 0.998. The first-order chi connectivity index (χ1) is 8.69. The van der Waals surface area contributed by atoms with E-state index in [0.29, 0.717) is 17.7 Å². The highest BCUT2D eigenvalue weighted by Gasteiger charge is 2.10. The van der Waals surface area contributed by atoms with Gasteiger partial charge in [0.1, 0.15) is 6.04 Å². The van der Waals surface area contributed by atoms with Gasteiger partial charge in [-0.25, -0.2) is 4.79 Å². The Labute approximate surface area is 106 Å². The number of carbonyl (C=O) groups excluding carboxylic acids is 1. The van der Waals surface area contributed by atoms with Gasteiger partial charge in [-0.2, -0.15) is 10.5 Å². The first kappa shape index (κ1) is 13.5. The van der Waals surface area contributed by atoms with Crippen LogP contribution >= 0.6 is 0 Å². The topological polar surface area (TPSA) is 88.7 Å². The molecule has 0 aliphatic carbocycles. The third-order valence-electron chi connectivity index (χ3n) is 2.29. The van der Waals surface area contributed by atoms with E-state index in [-0.39, 0.29) is 0 Å². The molecule has 1 aromatic carbocycles. The van der Waals surface area contributed by atoms with Gasteiger partial charge >= 0.3 is 6.03 Å². The molecule has 1 atom stereocenters. The summed E-state index contributed by atoms with van der Waals surface area (Å²) in [6.07, 6.45) is 1.44. The monoisotopic (exact) mass is 242 g/mol. The summed E-state index contributed by atoms with van der Waals surface area (Å²) in [5.74, 6) is 0. The Morgan fingerprint density at radius 2 is 2.22 bits per heavy atom. The molecule has 92 valence electrons. The SMILES string of the molecule is CCCC(C#N)NC(=O)Nc1cccc(C#N)c1. The number of nitrogens with zero attached hydrogens (tertiary/aromatic N) is 2. The van der Waals surface area contributed by atoms with Gasteiger partial charge < -0.3 is 10.6 Å². The van der Waals surface area contributed by atoms with Gasteiger partial charge in [-0.15, -0.1) is 0 Å². The van der Waals surface area contributed by atoms with E-state index in [1.54, 1.807) is 24.3 Å². The van der Waals surface area contributed by atoms with Crippen molar-refractivity contribution >= 4 is 11.7 Å². The van der Waals surface area contributed by atoms with Gasteiger partial charge in [0.2, 0.25) is 0 Å². The van der Waals surface area contributed by atoms with Crippen LogP contribution in [0.1, 0.15) is 25.3 Å². The Bertz CT molecular complexity index is 498. The highest BCUT2D eigenvalue weighted by molar-refractivity contribution is 5.89. The quantitative estimate of drug-likeness (QED) is 0.849. The van der Waals surface area contributed by atoms with Crippen LogP contribution in [0.4, 0.5) is 10.5 Å². The first-order valence-electron chi connectivity index (χ1n) is 5.67. The van der Waals surface area contributed by atoms with Crippen molar-refractivity contribution in [2.45, 2.75) is 25.8 Å². The second-order valence-corrected chi connectivity index (χ2v) is 3.76. The van der Waals surface area contributed by atoms with Gasteiger partial charge in [0.25, 0.3) is 0 Å². The van der Waals surface area contributed by atoms with Crippen molar-refractivity contribution < 1.29 is 4.79 Å². The molecule has 1 aromatic rings. The Morgan fingerprint density at radius 3 is 2.83 bits per heavy atom. The average Bonchev–Trinajstić information content (AvgIpc) is 2.38. The fourth-order valence-corrected chi connectivity index (χ4v) is 1.45. The zero-order valence-electron chi connectivity index (χ0n) is 10.1. The Balaban J connectivity index is 2.59. The lowest BCUT2D eigenvalue weighted by atomic mass is 10.2. The number of hydrogen-bond acceptors (Lipinski definition) is 3. The zero-order valence-corrected chi connectivity index (χ0v) is 10.1. The van der Waals surface area contributed by atoms with E-state index in [4.69, 9.17) is 10.5 Å². The molecular formula is C13H14N4O. The van der Waals surface area contributed by atoms with E-state index >= 15 is 0 Å². The lowest BCUT2D eigenvalue weighted by Gasteiger charge is -2.11. The van der Waals surface area contributed by atoms with Crippen LogP contribution in [0.15, 0.2) is 24.3 Å². The number of carbonyl (C=O) groups is 1. The third kappa shape index (κ3) is 4.15. The van der Waals surface area contributed by atoms with E-state index < -0.39 is 12.1 Å². The summed E-state index contributed by atoms with van der Waals surface area (Å²) in [7, 11) is 0. The summed E-state index contributed by atoms with van der Waals surface area (Å²) in [5, 5.41) is 22.7. The number of nitriles is 2. The lowest BCUT2D eigenvalue weighted by Crippen LogP contribution is -2.36. The van der Waals surface area contributed by atoms with Crippen LogP contribution in [0.3, 0.4) is 0 Å². The molecular weight excluding hydrogens is 228 g/mol. The Kier molecular flexibility index (Phi) is 5.21. The van der Waals surface area contributed by atoms with E-state index in [2.05, 4.69) is 10.6 Å². The summed E-state index contributed by atoms with van der Waals surface area (Å²) in [6.45, 7) is 1.94. The van der Waals surface area contributed by atoms with Crippen molar-refractivity contribution in [2.24, 2.45) is 0 Å². The molecule has 0 aliphatic rings. The zero-order chi connectivity index (χ0) is 13.4. The normalized spacial score (nSPS) is 10.8. The average molecular weight is 242 g/mol. The van der Waals surface area contributed by atoms with Gasteiger partial charge in [0.15, 0.2) is 0 Å². The van der Waals surface area contributed by atoms with Crippen LogP contribution in [-0.4, -0.2) is 12.1 Å². The van der Waals surface area contributed by atoms with Crippen molar-refractivity contribution in [1.29, 1.82) is 10.5 Å². The van der Waals surface area contributed by atoms with Crippen LogP contribution < -0.4 is 10.6 Å². The maximum atomic E-state index is 11.6. The van der Waals surface area contributed by atoms with Crippen molar-refractivity contribution in [1.82, 2.24) is 5.32 Å². The first-order valence-corrected chi connectivity index (χ1v) is 5.67. The minimum atomic E-state index is -0.492. The summed E-state index contributed by atoms with van der Waals surface area (Å²) in [4.78, 5) is 11.6. The number of anilines is 1. The van der Waals surface area contributed by atoms with Crippen LogP contribution in [-0.2, 0) is 0 Å². The summed E-state index contributed by atoms with van der Waals surface area (Å²) >= 11 is 0. The highest BCUT2D eigenvalue weighted by Crippen LogP contribution is 2.09. The molecule has 0 saturated carbocycles. The number of rotatable bonds is 4. The maximum Gasteiger partial charge on any atom is 0.320 e. The van der Waals surface area contributed by atoms with E-state index in [1.165, 1.54) is 0 Å². The van der Waals surface area contributed by atoms with Crippen LogP contribution in [0, 0.1) is 22.7 Å². The minimum absolute atomic E-state index is 0.440. The van der Waals surface area contributed by atoms with Gasteiger partial charge in [-0.3, -0.25) is 0 Å². The van der Waals surface area contributed by atoms with Crippen LogP contribution in [0.25, 0.3) is 0 Å². The number of amides is 2. The Morgan fingerprint density at radius 1 is 1.44 bits per heavy atom. The van der Waals surface area contributed by atoms with E-state index in [9.17, 15) is 4.79 Å². The van der Waals surface area contributed by atoms with Crippen molar-refractivity contribution in [3.63, 3.8) is 0 Å². The van der Waals surface area contributed by atoms with Gasteiger partial charge in [0, 0.05) is 5.69 Å². The molecule has 5 nitrogen and oxygen atoms in total. The second kappa shape index (κ2) is 6.93. The van der Waals surface area contributed by atoms with Crippen LogP contribution in [0.5, 0.6) is 0 Å². The number of hydrogen-bond donors (Lipinski definition) is 2. The molecule has 1 unspecified atom stereocenters. The van der Waals surface area contributed by atoms with Gasteiger partial charge in [-0.1, -0.05) is 19.4 Å². The lowest BCUT2D eigenvalue weighted by molar-refractivity contribution is 0.250. The predicted molar refractivity (Wildman–Crippen MR) is 67.6 cm³/mol. The molecule has 0 spiro atoms. The van der Waals surface area contributed by atoms with Gasteiger partial charge in [0.05, 0.1) is 17.7 Å². The van der Waals surface area contributed by atoms with Crippen LogP contribution in [0.2, 0.25) is 0 Å². The summed E-state index contributed by atoms with van der Waals surface area (Å²) < 4.78 is 0. The molecule has 0 aromatic heterocycles. The number of urea groups is 1. The molecule has 18 heavy (non-hydrogen) atoms. The number of nitrogens with one attached hydrogen (secondary N) is 2. The number of benzene rings is 1. The third-order valence-corrected chi connectivity index (χ3v) is 2.29. The molecule has 5 heteroatoms. The largest absolute Gasteiger partial charge is 0.322 e. The van der Waals surface area contributed by atoms with Crippen molar-refractivity contribution in [2.75, 3.05) is 5.32 Å². The minimum Gasteiger partial charge on any atom is -0.322 e. The molecule has 1 rings (SSSR count). The molecule has 0 bridgehead atoms. The predicted octanol–water partition coefficient (Wildman–Crippen LogP) is 2.37. The summed E-state index contributed by atoms with van der Waals surface area (Å²) in [6, 6.07) is 9.66. The van der Waals surface area contributed by atoms with Crippen molar-refractivity contribution in [3.05, 3.63) is 29.8 Å². The van der Waals surface area contributed by atoms with E-state index in [0.717, 1.165) is 6.42 Å². The van der Waals surface area contributed by atoms with Gasteiger partial charge in [-0.05, 0) is 24.6 Å². The fraction of sp³-hybridized carbons (Fsp3) is 0.308. The molecule has 0 saturated heterocycles. The molecule has 0 fully saturated rings. The molecule has 2 amide bonds. The molecule has 0 radical (unpaired) electrons. The smallest absolute Gasteiger partial charge is 0.320 e. The highest BCUT2D eigenvalue weighted by atomic mass is 16.2. The standard InChI is InChI=1S/C13H14N4O/c1-2-4-12(9-15)17-13(18)16-11-6-3-5-10(7-11)8-14/h3,5-7,12H,2,4H2,1H3,(H2,16,17,18). The van der Waals surface area contributed by atoms with E-state index in [1.807, 2.05) is 19.1 Å². The molecule has 0 aliphatic heterocycles. The fourth-order valence-electron chi connectivity index (χ4n) is 1.45. The second-order valence-electron chi connectivity index (χ2n) is 3.76. The van der Waals surface area contributed by atoms with Crippen molar-refractivity contribution in [3.8, 4) is 12.1 Å². The molecule has 0 heterocycles. The molecule has 2 N–H and O–H groups in total.